The molecule has 0 aliphatic heterocycles. The Morgan fingerprint density at radius 3 is 1.92 bits per heavy atom. The summed E-state index contributed by atoms with van der Waals surface area (Å²) in [4.78, 5) is 11.1. The number of nitrogens with one attached hydrogen (secondary N) is 1. The van der Waals surface area contributed by atoms with E-state index in [0.717, 1.165) is 21.5 Å². The first-order chi connectivity index (χ1) is 11.5. The largest absolute Gasteiger partial charge is 0.388 e. The molecule has 3 aromatic rings. The van der Waals surface area contributed by atoms with Gasteiger partial charge < -0.3 is 15.5 Å². The van der Waals surface area contributed by atoms with Crippen molar-refractivity contribution in [2.45, 2.75) is 19.1 Å². The predicted molar refractivity (Wildman–Crippen MR) is 96.1 cm³/mol. The van der Waals surface area contributed by atoms with Crippen LogP contribution in [0.1, 0.15) is 18.6 Å². The Bertz CT molecular complexity index is 853. The highest BCUT2D eigenvalue weighted by atomic mass is 35.5. The quantitative estimate of drug-likeness (QED) is 0.637. The Kier molecular flexibility index (Phi) is 4.71. The molecule has 1 amide bonds. The van der Waals surface area contributed by atoms with Gasteiger partial charge in [-0.05, 0) is 16.3 Å². The molecule has 0 aliphatic carbocycles. The maximum absolute atomic E-state index is 11.1. The third-order valence-corrected chi connectivity index (χ3v) is 4.53. The third-order valence-electron chi connectivity index (χ3n) is 4.13. The number of amides is 1. The first-order valence-corrected chi connectivity index (χ1v) is 8.08. The molecule has 4 nitrogen and oxygen atoms in total. The molecule has 124 valence electrons. The highest BCUT2D eigenvalue weighted by Crippen LogP contribution is 2.39. The fraction of sp³-hybridized carbons (Fsp3) is 0.211. The number of rotatable bonds is 4. The fourth-order valence-electron chi connectivity index (χ4n) is 2.98. The summed E-state index contributed by atoms with van der Waals surface area (Å²) in [6.07, 6.45) is -2.27. The number of halogens is 1. The zero-order chi connectivity index (χ0) is 17.3. The van der Waals surface area contributed by atoms with Crippen molar-refractivity contribution in [1.82, 2.24) is 5.32 Å². The van der Waals surface area contributed by atoms with Crippen molar-refractivity contribution in [3.63, 3.8) is 0 Å². The molecule has 0 spiro atoms. The molecule has 3 aromatic carbocycles. The number of aliphatic hydroxyl groups is 2. The van der Waals surface area contributed by atoms with E-state index in [9.17, 15) is 15.0 Å². The van der Waals surface area contributed by atoms with E-state index < -0.39 is 12.2 Å². The summed E-state index contributed by atoms with van der Waals surface area (Å²) >= 11 is 6.53. The standard InChI is InChI=1S/C19H18ClNO3/c1-11(22)21-10-16(23)19(24)17-12-6-2-4-8-14(12)18(20)15-9-5-3-7-13(15)17/h2-9,16,19,23-24H,10H2,1H3,(H,21,22). The molecular weight excluding hydrogens is 326 g/mol. The summed E-state index contributed by atoms with van der Waals surface area (Å²) in [5, 5.41) is 27.4. The number of benzene rings is 3. The molecule has 24 heavy (non-hydrogen) atoms. The van der Waals surface area contributed by atoms with E-state index in [2.05, 4.69) is 5.32 Å². The summed E-state index contributed by atoms with van der Waals surface area (Å²) in [6.45, 7) is 1.34. The number of carbonyl (C=O) groups excluding carboxylic acids is 1. The Labute approximate surface area is 144 Å². The number of fused-ring (bicyclic) bond motifs is 2. The second-order valence-corrected chi connectivity index (χ2v) is 6.15. The minimum atomic E-state index is -1.15. The van der Waals surface area contributed by atoms with Crippen molar-refractivity contribution in [3.8, 4) is 0 Å². The fourth-order valence-corrected chi connectivity index (χ4v) is 3.31. The van der Waals surface area contributed by atoms with Gasteiger partial charge in [0.1, 0.15) is 12.2 Å². The molecule has 0 heterocycles. The van der Waals surface area contributed by atoms with Crippen LogP contribution in [0.4, 0.5) is 0 Å². The minimum absolute atomic E-state index is 0.0260. The van der Waals surface area contributed by atoms with Gasteiger partial charge in [-0.3, -0.25) is 4.79 Å². The van der Waals surface area contributed by atoms with Crippen molar-refractivity contribution in [3.05, 3.63) is 59.1 Å². The van der Waals surface area contributed by atoms with Crippen LogP contribution < -0.4 is 5.32 Å². The summed E-state index contributed by atoms with van der Waals surface area (Å²) in [5.41, 5.74) is 0.614. The lowest BCUT2D eigenvalue weighted by Gasteiger charge is -2.22. The van der Waals surface area contributed by atoms with Gasteiger partial charge in [-0.25, -0.2) is 0 Å². The van der Waals surface area contributed by atoms with Gasteiger partial charge in [-0.2, -0.15) is 0 Å². The molecule has 0 saturated carbocycles. The molecule has 0 aliphatic rings. The molecular formula is C19H18ClNO3. The van der Waals surface area contributed by atoms with Crippen LogP contribution in [-0.2, 0) is 4.79 Å². The Morgan fingerprint density at radius 1 is 1.00 bits per heavy atom. The zero-order valence-electron chi connectivity index (χ0n) is 13.2. The van der Waals surface area contributed by atoms with Gasteiger partial charge in [0.25, 0.3) is 0 Å². The van der Waals surface area contributed by atoms with Gasteiger partial charge in [-0.1, -0.05) is 60.1 Å². The van der Waals surface area contributed by atoms with Crippen LogP contribution in [0.25, 0.3) is 21.5 Å². The summed E-state index contributed by atoms with van der Waals surface area (Å²) < 4.78 is 0. The van der Waals surface area contributed by atoms with E-state index in [1.54, 1.807) is 0 Å². The van der Waals surface area contributed by atoms with E-state index in [0.29, 0.717) is 10.6 Å². The maximum Gasteiger partial charge on any atom is 0.216 e. The van der Waals surface area contributed by atoms with Crippen LogP contribution >= 0.6 is 11.6 Å². The maximum atomic E-state index is 11.1. The van der Waals surface area contributed by atoms with Crippen molar-refractivity contribution < 1.29 is 15.0 Å². The highest BCUT2D eigenvalue weighted by Gasteiger charge is 2.24. The van der Waals surface area contributed by atoms with Gasteiger partial charge in [0.05, 0.1) is 5.02 Å². The van der Waals surface area contributed by atoms with Crippen molar-refractivity contribution >= 4 is 39.1 Å². The van der Waals surface area contributed by atoms with E-state index >= 15 is 0 Å². The summed E-state index contributed by atoms with van der Waals surface area (Å²) in [7, 11) is 0. The lowest BCUT2D eigenvalue weighted by molar-refractivity contribution is -0.119. The van der Waals surface area contributed by atoms with Gasteiger partial charge in [0.15, 0.2) is 0 Å². The molecule has 2 unspecified atom stereocenters. The van der Waals surface area contributed by atoms with Crippen LogP contribution in [-0.4, -0.2) is 28.8 Å². The van der Waals surface area contributed by atoms with Crippen LogP contribution in [0.15, 0.2) is 48.5 Å². The van der Waals surface area contributed by atoms with Crippen LogP contribution in [0.5, 0.6) is 0 Å². The van der Waals surface area contributed by atoms with E-state index in [1.807, 2.05) is 48.5 Å². The molecule has 5 heteroatoms. The molecule has 0 radical (unpaired) electrons. The molecule has 0 aromatic heterocycles. The van der Waals surface area contributed by atoms with Crippen LogP contribution in [0.2, 0.25) is 5.02 Å². The zero-order valence-corrected chi connectivity index (χ0v) is 13.9. The van der Waals surface area contributed by atoms with E-state index in [-0.39, 0.29) is 12.5 Å². The smallest absolute Gasteiger partial charge is 0.216 e. The molecule has 0 saturated heterocycles. The molecule has 3 rings (SSSR count). The predicted octanol–water partition coefficient (Wildman–Crippen LogP) is 3.18. The average molecular weight is 344 g/mol. The normalized spacial score (nSPS) is 13.8. The number of hydrogen-bond donors (Lipinski definition) is 3. The van der Waals surface area contributed by atoms with Crippen molar-refractivity contribution in [1.29, 1.82) is 0 Å². The number of carbonyl (C=O) groups is 1. The first-order valence-electron chi connectivity index (χ1n) is 7.70. The summed E-state index contributed by atoms with van der Waals surface area (Å²) in [5.74, 6) is -0.257. The third kappa shape index (κ3) is 2.96. The second kappa shape index (κ2) is 6.77. The van der Waals surface area contributed by atoms with Crippen LogP contribution in [0.3, 0.4) is 0 Å². The Balaban J connectivity index is 2.21. The molecule has 0 bridgehead atoms. The Morgan fingerprint density at radius 2 is 1.46 bits per heavy atom. The lowest BCUT2D eigenvalue weighted by Crippen LogP contribution is -2.34. The van der Waals surface area contributed by atoms with Crippen LogP contribution in [0, 0.1) is 0 Å². The molecule has 3 N–H and O–H groups in total. The number of hydrogen-bond acceptors (Lipinski definition) is 3. The SMILES string of the molecule is CC(=O)NCC(O)C(O)c1c2ccccc2c(Cl)c2ccccc12. The van der Waals surface area contributed by atoms with E-state index in [4.69, 9.17) is 11.6 Å². The topological polar surface area (TPSA) is 69.6 Å². The van der Waals surface area contributed by atoms with Gasteiger partial charge in [0, 0.05) is 24.2 Å². The molecule has 0 fully saturated rings. The van der Waals surface area contributed by atoms with E-state index in [1.165, 1.54) is 6.92 Å². The first kappa shape index (κ1) is 16.7. The minimum Gasteiger partial charge on any atom is -0.388 e. The molecule has 2 atom stereocenters. The number of aliphatic hydroxyl groups excluding tert-OH is 2. The van der Waals surface area contributed by atoms with Gasteiger partial charge in [-0.15, -0.1) is 0 Å². The van der Waals surface area contributed by atoms with Crippen molar-refractivity contribution in [2.24, 2.45) is 0 Å². The van der Waals surface area contributed by atoms with Gasteiger partial charge >= 0.3 is 0 Å². The second-order valence-electron chi connectivity index (χ2n) is 5.77. The van der Waals surface area contributed by atoms with Gasteiger partial charge in [0.2, 0.25) is 5.91 Å². The average Bonchev–Trinajstić information content (AvgIpc) is 2.59. The monoisotopic (exact) mass is 343 g/mol. The van der Waals surface area contributed by atoms with Crippen molar-refractivity contribution in [2.75, 3.05) is 6.54 Å². The summed E-state index contributed by atoms with van der Waals surface area (Å²) in [6, 6.07) is 15.0. The highest BCUT2D eigenvalue weighted by molar-refractivity contribution is 6.41. The lowest BCUT2D eigenvalue weighted by atomic mass is 9.91. The Hall–Kier alpha value is -2.14.